The maximum Gasteiger partial charge on any atom is 0.467 e. The largest absolute Gasteiger partial charge is 0.467 e. The monoisotopic (exact) mass is 444 g/mol. The molecule has 1 atom stereocenters. The van der Waals surface area contributed by atoms with E-state index >= 15 is 0 Å². The number of amides is 3. The van der Waals surface area contributed by atoms with Crippen LogP contribution in [0, 0.1) is 0 Å². The number of rotatable bonds is 5. The summed E-state index contributed by atoms with van der Waals surface area (Å²) in [7, 11) is 0. The van der Waals surface area contributed by atoms with Crippen molar-refractivity contribution in [3.8, 4) is 0 Å². The molecule has 1 aliphatic rings. The second-order valence-corrected chi connectivity index (χ2v) is 8.22. The number of anilines is 1. The number of hydrogen-bond donors (Lipinski definition) is 5. The topological polar surface area (TPSA) is 129 Å². The van der Waals surface area contributed by atoms with Crippen molar-refractivity contribution in [1.29, 1.82) is 0 Å². The number of benzene rings is 2. The van der Waals surface area contributed by atoms with E-state index < -0.39 is 0 Å². The quantitative estimate of drug-likeness (QED) is 0.197. The molecule has 2 aromatic carbocycles. The number of carbonyl (C=O) groups is 2. The maximum atomic E-state index is 13.0. The van der Waals surface area contributed by atoms with Crippen molar-refractivity contribution in [3.05, 3.63) is 65.2 Å². The summed E-state index contributed by atoms with van der Waals surface area (Å²) in [5.41, 5.74) is 5.13. The van der Waals surface area contributed by atoms with Gasteiger partial charge in [0, 0.05) is 29.2 Å². The van der Waals surface area contributed by atoms with Gasteiger partial charge in [-0.25, -0.2) is 9.59 Å². The zero-order valence-electron chi connectivity index (χ0n) is 17.4. The second-order valence-electron chi connectivity index (χ2n) is 7.78. The Bertz CT molecular complexity index is 935. The van der Waals surface area contributed by atoms with E-state index in [1.165, 1.54) is 0 Å². The number of nitrogens with two attached hydrogens (primary N) is 1. The summed E-state index contributed by atoms with van der Waals surface area (Å²) in [5, 5.41) is 8.52. The van der Waals surface area contributed by atoms with E-state index in [0.29, 0.717) is 36.6 Å². The summed E-state index contributed by atoms with van der Waals surface area (Å²) in [6.45, 7) is 1.19. The van der Waals surface area contributed by atoms with Crippen molar-refractivity contribution in [2.75, 3.05) is 18.4 Å². The van der Waals surface area contributed by atoms with Crippen LogP contribution in [-0.4, -0.2) is 35.9 Å². The van der Waals surface area contributed by atoms with E-state index in [4.69, 9.17) is 17.4 Å². The normalized spacial score (nSPS) is 19.0. The smallest absolute Gasteiger partial charge is 0.324 e. The lowest BCUT2D eigenvalue weighted by atomic mass is 9.71. The van der Waals surface area contributed by atoms with Gasteiger partial charge < -0.3 is 10.2 Å². The number of carbonyl (C=O) groups excluding carboxylic acids is 2. The van der Waals surface area contributed by atoms with Crippen molar-refractivity contribution in [3.63, 3.8) is 0 Å². The van der Waals surface area contributed by atoms with Gasteiger partial charge in [0.25, 0.3) is 0 Å². The lowest BCUT2D eigenvalue weighted by Gasteiger charge is -2.43. The minimum atomic E-state index is -0.314. The molecule has 1 saturated heterocycles. The average molecular weight is 445 g/mol. The van der Waals surface area contributed by atoms with Crippen LogP contribution in [0.25, 0.3) is 0 Å². The molecule has 0 saturated carbocycles. The molecule has 8 nitrogen and oxygen atoms in total. The van der Waals surface area contributed by atoms with Gasteiger partial charge in [-0.05, 0) is 49.1 Å². The molecule has 0 spiro atoms. The maximum absolute atomic E-state index is 13.0. The molecule has 0 aromatic heterocycles. The Morgan fingerprint density at radius 2 is 1.87 bits per heavy atom. The number of nitrogens with one attached hydrogen (secondary N) is 3. The first-order chi connectivity index (χ1) is 14.9. The number of hydrazine groups is 1. The molecule has 0 aliphatic carbocycles. The standard InChI is InChI=1S/C22H27ClN6O2/c23-17-7-9-18(10-8-17)26-21(31)29-14-4-12-22(15-29,16-5-2-1-3-6-16)13-11-19(30)27-20(24)28-25/h1-3,5-10H,4,11-15,25H2,(H,26,31)(H3,24,27,28,30)/p+2. The van der Waals surface area contributed by atoms with Crippen molar-refractivity contribution in [2.45, 2.75) is 31.1 Å². The SMILES string of the molecule is N/[NH+]=C(\[NH3+])NC(=O)CCC1(c2ccccc2)CCCN(C(=O)Nc2ccc(Cl)cc2)C1. The Hall–Kier alpha value is -3.10. The molecule has 1 unspecified atom stereocenters. The minimum absolute atomic E-state index is 0.160. The number of likely N-dealkylation sites (tertiary alicyclic amines) is 1. The van der Waals surface area contributed by atoms with Gasteiger partial charge in [-0.2, -0.15) is 5.32 Å². The van der Waals surface area contributed by atoms with Crippen molar-refractivity contribution < 1.29 is 20.4 Å². The van der Waals surface area contributed by atoms with Crippen LogP contribution in [0.5, 0.6) is 0 Å². The van der Waals surface area contributed by atoms with E-state index in [1.54, 1.807) is 24.3 Å². The molecule has 31 heavy (non-hydrogen) atoms. The first kappa shape index (κ1) is 22.6. The van der Waals surface area contributed by atoms with E-state index in [-0.39, 0.29) is 23.3 Å². The summed E-state index contributed by atoms with van der Waals surface area (Å²) >= 11 is 5.93. The van der Waals surface area contributed by atoms with Gasteiger partial charge in [0.2, 0.25) is 0 Å². The molecule has 3 amide bonds. The van der Waals surface area contributed by atoms with Crippen LogP contribution < -0.4 is 27.3 Å². The molecular formula is C22H29ClN6O2+2. The molecule has 1 fully saturated rings. The first-order valence-corrected chi connectivity index (χ1v) is 10.6. The number of urea groups is 1. The van der Waals surface area contributed by atoms with Gasteiger partial charge in [-0.3, -0.25) is 11.6 Å². The number of quaternary nitrogens is 1. The second kappa shape index (κ2) is 10.3. The first-order valence-electron chi connectivity index (χ1n) is 10.2. The molecule has 1 aliphatic heterocycles. The fraction of sp³-hybridized carbons (Fsp3) is 0.318. The van der Waals surface area contributed by atoms with Gasteiger partial charge in [-0.1, -0.05) is 41.9 Å². The van der Waals surface area contributed by atoms with Crippen molar-refractivity contribution in [2.24, 2.45) is 5.84 Å². The third kappa shape index (κ3) is 5.96. The molecule has 1 heterocycles. The van der Waals surface area contributed by atoms with E-state index in [9.17, 15) is 9.59 Å². The van der Waals surface area contributed by atoms with Crippen molar-refractivity contribution in [1.82, 2.24) is 10.2 Å². The molecule has 3 rings (SSSR count). The number of hydrogen-bond acceptors (Lipinski definition) is 3. The van der Waals surface area contributed by atoms with Crippen molar-refractivity contribution >= 4 is 35.2 Å². The Labute approximate surface area is 186 Å². The molecule has 8 N–H and O–H groups in total. The molecule has 0 bridgehead atoms. The molecular weight excluding hydrogens is 416 g/mol. The van der Waals surface area contributed by atoms with E-state index in [1.807, 2.05) is 23.1 Å². The zero-order valence-corrected chi connectivity index (χ0v) is 18.1. The average Bonchev–Trinajstić information content (AvgIpc) is 2.80. The van der Waals surface area contributed by atoms with Gasteiger partial charge in [-0.15, -0.1) is 5.10 Å². The number of hydrazone groups is 1. The van der Waals surface area contributed by atoms with Crippen LogP contribution >= 0.6 is 11.6 Å². The van der Waals surface area contributed by atoms with E-state index in [0.717, 1.165) is 18.4 Å². The van der Waals surface area contributed by atoms with Gasteiger partial charge >= 0.3 is 17.9 Å². The van der Waals surface area contributed by atoms with Gasteiger partial charge in [0.05, 0.1) is 6.42 Å². The Morgan fingerprint density at radius 3 is 2.55 bits per heavy atom. The van der Waals surface area contributed by atoms with Crippen LogP contribution in [-0.2, 0) is 10.2 Å². The highest BCUT2D eigenvalue weighted by molar-refractivity contribution is 6.30. The molecule has 2 aromatic rings. The van der Waals surface area contributed by atoms with Crippen LogP contribution in [0.3, 0.4) is 0 Å². The van der Waals surface area contributed by atoms with Gasteiger partial charge in [0.1, 0.15) is 0 Å². The lowest BCUT2D eigenvalue weighted by Crippen LogP contribution is -2.94. The number of piperidine rings is 1. The number of nitrogens with zero attached hydrogens (tertiary/aromatic N) is 1. The summed E-state index contributed by atoms with van der Waals surface area (Å²) in [5.74, 6) is 5.37. The molecule has 164 valence electrons. The fourth-order valence-corrected chi connectivity index (χ4v) is 4.16. The van der Waals surface area contributed by atoms with Crippen LogP contribution in [0.4, 0.5) is 10.5 Å². The van der Waals surface area contributed by atoms with Crippen LogP contribution in [0.1, 0.15) is 31.2 Å². The summed E-state index contributed by atoms with van der Waals surface area (Å²) < 4.78 is 0. The molecule has 0 radical (unpaired) electrons. The highest BCUT2D eigenvalue weighted by atomic mass is 35.5. The lowest BCUT2D eigenvalue weighted by molar-refractivity contribution is -0.516. The van der Waals surface area contributed by atoms with Gasteiger partial charge in [0.15, 0.2) is 0 Å². The Morgan fingerprint density at radius 1 is 1.16 bits per heavy atom. The fourth-order valence-electron chi connectivity index (χ4n) is 4.04. The number of halogens is 1. The molecule has 9 heteroatoms. The third-order valence-corrected chi connectivity index (χ3v) is 5.89. The third-order valence-electron chi connectivity index (χ3n) is 5.64. The minimum Gasteiger partial charge on any atom is -0.324 e. The summed E-state index contributed by atoms with van der Waals surface area (Å²) in [6, 6.07) is 17.0. The summed E-state index contributed by atoms with van der Waals surface area (Å²) in [6.07, 6.45) is 2.64. The Balaban J connectivity index is 1.76. The zero-order chi connectivity index (χ0) is 22.3. The Kier molecular flexibility index (Phi) is 7.49. The highest BCUT2D eigenvalue weighted by Gasteiger charge is 2.39. The summed E-state index contributed by atoms with van der Waals surface area (Å²) in [4.78, 5) is 27.1. The van der Waals surface area contributed by atoms with E-state index in [2.05, 4.69) is 33.6 Å². The van der Waals surface area contributed by atoms with Crippen LogP contribution in [0.2, 0.25) is 5.02 Å². The predicted octanol–water partition coefficient (Wildman–Crippen LogP) is 0.354. The van der Waals surface area contributed by atoms with Crippen LogP contribution in [0.15, 0.2) is 54.6 Å². The highest BCUT2D eigenvalue weighted by Crippen LogP contribution is 2.38. The predicted molar refractivity (Wildman–Crippen MR) is 120 cm³/mol. The number of guanidine groups is 1.